The summed E-state index contributed by atoms with van der Waals surface area (Å²) < 4.78 is 21.6. The maximum atomic E-state index is 11.4. The molecule has 0 radical (unpaired) electrons. The number of oxime groups is 1. The van der Waals surface area contributed by atoms with Crippen LogP contribution in [-0.4, -0.2) is 32.6 Å². The quantitative estimate of drug-likeness (QED) is 0.889. The molecule has 1 aromatic rings. The standard InChI is InChI=1S/C14H16N2O6/c1-6-9(14(15)17)16-22-10(6)7-4-8-12(21-5-20-8)13(19-3)11(7)18-2/h4,6,10H,5H2,1-3H3,(H2,15,17)/t6-,10-/m1/s1. The number of methoxy groups -OCH3 is 2. The van der Waals surface area contributed by atoms with Crippen LogP contribution in [0.15, 0.2) is 11.2 Å². The number of nitrogens with zero attached hydrogens (tertiary/aromatic N) is 1. The van der Waals surface area contributed by atoms with E-state index in [1.54, 1.807) is 13.0 Å². The third kappa shape index (κ3) is 1.99. The Morgan fingerprint density at radius 2 is 2.05 bits per heavy atom. The Hall–Kier alpha value is -2.64. The molecule has 1 aromatic carbocycles. The Morgan fingerprint density at radius 3 is 2.64 bits per heavy atom. The van der Waals surface area contributed by atoms with E-state index in [1.807, 2.05) is 0 Å². The molecule has 0 fully saturated rings. The summed E-state index contributed by atoms with van der Waals surface area (Å²) in [6.07, 6.45) is -0.527. The molecule has 0 unspecified atom stereocenters. The molecule has 0 bridgehead atoms. The summed E-state index contributed by atoms with van der Waals surface area (Å²) in [5.41, 5.74) is 6.13. The lowest BCUT2D eigenvalue weighted by Gasteiger charge is -2.20. The average Bonchev–Trinajstić information content (AvgIpc) is 3.10. The van der Waals surface area contributed by atoms with Crippen LogP contribution in [0.4, 0.5) is 0 Å². The summed E-state index contributed by atoms with van der Waals surface area (Å²) in [5, 5.41) is 3.77. The third-order valence-electron chi connectivity index (χ3n) is 3.72. The van der Waals surface area contributed by atoms with Crippen molar-refractivity contribution in [3.63, 3.8) is 0 Å². The van der Waals surface area contributed by atoms with E-state index in [0.717, 1.165) is 0 Å². The van der Waals surface area contributed by atoms with Crippen molar-refractivity contribution in [2.75, 3.05) is 21.0 Å². The first-order valence-corrected chi connectivity index (χ1v) is 6.66. The molecule has 8 heteroatoms. The van der Waals surface area contributed by atoms with Gasteiger partial charge in [-0.05, 0) is 6.07 Å². The number of rotatable bonds is 4. The van der Waals surface area contributed by atoms with Gasteiger partial charge in [-0.3, -0.25) is 4.79 Å². The number of benzene rings is 1. The van der Waals surface area contributed by atoms with Gasteiger partial charge in [0, 0.05) is 5.56 Å². The summed E-state index contributed by atoms with van der Waals surface area (Å²) >= 11 is 0. The largest absolute Gasteiger partial charge is 0.492 e. The monoisotopic (exact) mass is 308 g/mol. The fraction of sp³-hybridized carbons (Fsp3) is 0.429. The number of carbonyl (C=O) groups is 1. The number of hydrogen-bond acceptors (Lipinski definition) is 7. The molecule has 118 valence electrons. The van der Waals surface area contributed by atoms with Gasteiger partial charge in [0.2, 0.25) is 18.3 Å². The number of hydrogen-bond donors (Lipinski definition) is 1. The Bertz CT molecular complexity index is 657. The molecule has 1 amide bonds. The van der Waals surface area contributed by atoms with Gasteiger partial charge in [0.05, 0.1) is 20.1 Å². The lowest BCUT2D eigenvalue weighted by Crippen LogP contribution is -2.28. The maximum Gasteiger partial charge on any atom is 0.266 e. The van der Waals surface area contributed by atoms with Crippen molar-refractivity contribution in [1.82, 2.24) is 0 Å². The average molecular weight is 308 g/mol. The van der Waals surface area contributed by atoms with Gasteiger partial charge in [-0.25, -0.2) is 0 Å². The highest BCUT2D eigenvalue weighted by molar-refractivity contribution is 6.39. The van der Waals surface area contributed by atoms with Crippen LogP contribution >= 0.6 is 0 Å². The van der Waals surface area contributed by atoms with Crippen molar-refractivity contribution < 1.29 is 28.6 Å². The lowest BCUT2D eigenvalue weighted by molar-refractivity contribution is -0.112. The highest BCUT2D eigenvalue weighted by Gasteiger charge is 2.39. The molecule has 2 heterocycles. The van der Waals surface area contributed by atoms with E-state index in [4.69, 9.17) is 29.5 Å². The van der Waals surface area contributed by atoms with Crippen molar-refractivity contribution in [1.29, 1.82) is 0 Å². The number of primary amides is 1. The number of fused-ring (bicyclic) bond motifs is 1. The van der Waals surface area contributed by atoms with Crippen molar-refractivity contribution in [2.24, 2.45) is 16.8 Å². The Balaban J connectivity index is 2.07. The molecular formula is C14H16N2O6. The van der Waals surface area contributed by atoms with E-state index in [-0.39, 0.29) is 18.4 Å². The molecule has 8 nitrogen and oxygen atoms in total. The Kier molecular flexibility index (Phi) is 3.44. The second-order valence-electron chi connectivity index (χ2n) is 4.92. The van der Waals surface area contributed by atoms with Gasteiger partial charge >= 0.3 is 0 Å². The van der Waals surface area contributed by atoms with Gasteiger partial charge < -0.3 is 29.5 Å². The summed E-state index contributed by atoms with van der Waals surface area (Å²) in [5.74, 6) is 0.930. The second kappa shape index (κ2) is 5.28. The predicted octanol–water partition coefficient (Wildman–Crippen LogP) is 0.981. The van der Waals surface area contributed by atoms with Gasteiger partial charge in [-0.15, -0.1) is 0 Å². The van der Waals surface area contributed by atoms with Gasteiger partial charge in [0.15, 0.2) is 23.3 Å². The topological polar surface area (TPSA) is 102 Å². The SMILES string of the molecule is COc1c([C@@H]2ON=C(C(N)=O)[C@H]2C)cc2c(c1OC)OCO2. The van der Waals surface area contributed by atoms with Crippen LogP contribution in [0.5, 0.6) is 23.0 Å². The summed E-state index contributed by atoms with van der Waals surface area (Å²) in [4.78, 5) is 16.7. The van der Waals surface area contributed by atoms with E-state index in [9.17, 15) is 4.79 Å². The molecule has 22 heavy (non-hydrogen) atoms. The summed E-state index contributed by atoms with van der Waals surface area (Å²) in [6, 6.07) is 1.74. The first kappa shape index (κ1) is 14.3. The zero-order valence-electron chi connectivity index (χ0n) is 12.4. The molecule has 2 aliphatic rings. The zero-order chi connectivity index (χ0) is 15.9. The minimum atomic E-state index is -0.610. The summed E-state index contributed by atoms with van der Waals surface area (Å²) in [6.45, 7) is 1.90. The van der Waals surface area contributed by atoms with Gasteiger partial charge in [0.1, 0.15) is 0 Å². The number of carbonyl (C=O) groups excluding carboxylic acids is 1. The maximum absolute atomic E-state index is 11.4. The number of amides is 1. The molecule has 2 aliphatic heterocycles. The normalized spacial score (nSPS) is 22.0. The third-order valence-corrected chi connectivity index (χ3v) is 3.72. The van der Waals surface area contributed by atoms with Crippen LogP contribution in [0.2, 0.25) is 0 Å². The minimum absolute atomic E-state index is 0.0996. The highest BCUT2D eigenvalue weighted by atomic mass is 16.7. The van der Waals surface area contributed by atoms with Gasteiger partial charge in [0.25, 0.3) is 5.91 Å². The lowest BCUT2D eigenvalue weighted by atomic mass is 9.92. The Labute approximate surface area is 126 Å². The van der Waals surface area contributed by atoms with E-state index in [0.29, 0.717) is 28.6 Å². The zero-order valence-corrected chi connectivity index (χ0v) is 12.4. The molecule has 0 saturated heterocycles. The van der Waals surface area contributed by atoms with E-state index in [2.05, 4.69) is 5.16 Å². The molecule has 3 rings (SSSR count). The van der Waals surface area contributed by atoms with Crippen LogP contribution in [-0.2, 0) is 9.63 Å². The molecule has 0 aliphatic carbocycles. The van der Waals surface area contributed by atoms with Crippen LogP contribution in [0.25, 0.3) is 0 Å². The molecule has 2 N–H and O–H groups in total. The van der Waals surface area contributed by atoms with E-state index >= 15 is 0 Å². The van der Waals surface area contributed by atoms with Crippen LogP contribution in [0, 0.1) is 5.92 Å². The molecule has 2 atom stereocenters. The molecule has 0 aromatic heterocycles. The first-order valence-electron chi connectivity index (χ1n) is 6.66. The first-order chi connectivity index (χ1) is 10.6. The number of nitrogens with two attached hydrogens (primary N) is 1. The van der Waals surface area contributed by atoms with Crippen molar-refractivity contribution in [2.45, 2.75) is 13.0 Å². The number of ether oxygens (including phenoxy) is 4. The predicted molar refractivity (Wildman–Crippen MR) is 75.3 cm³/mol. The van der Waals surface area contributed by atoms with Gasteiger partial charge in [-0.1, -0.05) is 12.1 Å². The minimum Gasteiger partial charge on any atom is -0.492 e. The molecule has 0 spiro atoms. The van der Waals surface area contributed by atoms with Crippen LogP contribution < -0.4 is 24.7 Å². The molecule has 0 saturated carbocycles. The van der Waals surface area contributed by atoms with Crippen LogP contribution in [0.1, 0.15) is 18.6 Å². The van der Waals surface area contributed by atoms with E-state index in [1.165, 1.54) is 14.2 Å². The van der Waals surface area contributed by atoms with Crippen LogP contribution in [0.3, 0.4) is 0 Å². The van der Waals surface area contributed by atoms with Crippen molar-refractivity contribution in [3.8, 4) is 23.0 Å². The van der Waals surface area contributed by atoms with Crippen molar-refractivity contribution >= 4 is 11.6 Å². The van der Waals surface area contributed by atoms with Crippen molar-refractivity contribution in [3.05, 3.63) is 11.6 Å². The second-order valence-corrected chi connectivity index (χ2v) is 4.92. The van der Waals surface area contributed by atoms with E-state index < -0.39 is 12.0 Å². The fourth-order valence-electron chi connectivity index (χ4n) is 2.65. The molecular weight excluding hydrogens is 292 g/mol. The summed E-state index contributed by atoms with van der Waals surface area (Å²) in [7, 11) is 3.02. The van der Waals surface area contributed by atoms with Gasteiger partial charge in [-0.2, -0.15) is 0 Å². The fourth-order valence-corrected chi connectivity index (χ4v) is 2.65. The highest BCUT2D eigenvalue weighted by Crippen LogP contribution is 2.52. The smallest absolute Gasteiger partial charge is 0.266 e. The Morgan fingerprint density at radius 1 is 1.32 bits per heavy atom.